The molecule has 0 radical (unpaired) electrons. The maximum atomic E-state index is 13.5. The van der Waals surface area contributed by atoms with Crippen LogP contribution in [-0.4, -0.2) is 58.7 Å². The molecule has 3 heterocycles. The Labute approximate surface area is 215 Å². The quantitative estimate of drug-likeness (QED) is 0.504. The van der Waals surface area contributed by atoms with Gasteiger partial charge in [0, 0.05) is 42.3 Å². The normalized spacial score (nSPS) is 17.3. The van der Waals surface area contributed by atoms with Gasteiger partial charge in [-0.15, -0.1) is 11.3 Å². The summed E-state index contributed by atoms with van der Waals surface area (Å²) in [5.74, 6) is -0.851. The molecule has 13 heteroatoms. The Morgan fingerprint density at radius 1 is 1.05 bits per heavy atom. The summed E-state index contributed by atoms with van der Waals surface area (Å²) in [6.45, 7) is 1.44. The number of anilines is 1. The molecule has 4 amide bonds. The lowest BCUT2D eigenvalue weighted by molar-refractivity contribution is -0.142. The van der Waals surface area contributed by atoms with E-state index in [1.54, 1.807) is 4.90 Å². The van der Waals surface area contributed by atoms with Gasteiger partial charge in [-0.2, -0.15) is 18.3 Å². The van der Waals surface area contributed by atoms with Gasteiger partial charge in [0.05, 0.1) is 5.56 Å². The molecule has 2 aromatic rings. The highest BCUT2D eigenvalue weighted by Crippen LogP contribution is 2.39. The molecule has 0 spiro atoms. The third-order valence-corrected chi connectivity index (χ3v) is 8.29. The number of urea groups is 1. The van der Waals surface area contributed by atoms with E-state index in [-0.39, 0.29) is 30.6 Å². The van der Waals surface area contributed by atoms with Crippen molar-refractivity contribution in [3.63, 3.8) is 0 Å². The van der Waals surface area contributed by atoms with Gasteiger partial charge < -0.3 is 20.9 Å². The minimum absolute atomic E-state index is 0.162. The van der Waals surface area contributed by atoms with E-state index in [4.69, 9.17) is 0 Å². The molecule has 2 aromatic heterocycles. The highest BCUT2D eigenvalue weighted by atomic mass is 32.1. The molecular weight excluding hydrogens is 509 g/mol. The summed E-state index contributed by atoms with van der Waals surface area (Å²) in [5, 5.41) is 12.5. The van der Waals surface area contributed by atoms with Crippen molar-refractivity contribution >= 4 is 34.2 Å². The van der Waals surface area contributed by atoms with Crippen LogP contribution in [0.4, 0.5) is 23.0 Å². The van der Waals surface area contributed by atoms with Gasteiger partial charge in [-0.05, 0) is 56.9 Å². The van der Waals surface area contributed by atoms with Crippen molar-refractivity contribution < 1.29 is 27.6 Å². The summed E-state index contributed by atoms with van der Waals surface area (Å²) in [7, 11) is 0. The van der Waals surface area contributed by atoms with E-state index >= 15 is 0 Å². The summed E-state index contributed by atoms with van der Waals surface area (Å²) in [4.78, 5) is 40.6. The van der Waals surface area contributed by atoms with Gasteiger partial charge in [-0.3, -0.25) is 14.3 Å². The Balaban J connectivity index is 1.32. The molecule has 1 fully saturated rings. The number of fused-ring (bicyclic) bond motifs is 2. The number of alkyl halides is 3. The number of nitrogens with zero attached hydrogens (tertiary/aromatic N) is 3. The number of aryl methyl sites for hydroxylation is 1. The third-order valence-electron chi connectivity index (χ3n) is 7.08. The number of hydrogen-bond donors (Lipinski definition) is 3. The molecule has 3 aliphatic rings. The molecule has 5 rings (SSSR count). The number of hydrogen-bond acceptors (Lipinski definition) is 5. The Morgan fingerprint density at radius 2 is 1.78 bits per heavy atom. The molecule has 37 heavy (non-hydrogen) atoms. The van der Waals surface area contributed by atoms with Gasteiger partial charge in [-0.1, -0.05) is 0 Å². The first-order chi connectivity index (χ1) is 17.7. The first kappa shape index (κ1) is 25.6. The van der Waals surface area contributed by atoms with Crippen molar-refractivity contribution in [3.8, 4) is 0 Å². The lowest BCUT2D eigenvalue weighted by Crippen LogP contribution is -2.37. The van der Waals surface area contributed by atoms with E-state index in [1.165, 1.54) is 16.0 Å². The molecule has 1 saturated heterocycles. The number of carbonyl (C=O) groups excluding carboxylic acids is 3. The molecule has 0 unspecified atom stereocenters. The molecule has 2 aliphatic carbocycles. The van der Waals surface area contributed by atoms with E-state index < -0.39 is 17.8 Å². The van der Waals surface area contributed by atoms with Crippen LogP contribution < -0.4 is 16.0 Å². The summed E-state index contributed by atoms with van der Waals surface area (Å²) in [5.41, 5.74) is 1.07. The summed E-state index contributed by atoms with van der Waals surface area (Å²) < 4.78 is 41.7. The lowest BCUT2D eigenvalue weighted by atomic mass is 9.95. The largest absolute Gasteiger partial charge is 0.435 e. The van der Waals surface area contributed by atoms with Crippen molar-refractivity contribution in [2.24, 2.45) is 0 Å². The number of halogens is 3. The first-order valence-electron chi connectivity index (χ1n) is 12.6. The lowest BCUT2D eigenvalue weighted by Gasteiger charge is -2.16. The molecule has 3 N–H and O–H groups in total. The Kier molecular flexibility index (Phi) is 7.15. The molecule has 0 bridgehead atoms. The minimum Gasteiger partial charge on any atom is -0.350 e. The highest BCUT2D eigenvalue weighted by molar-refractivity contribution is 7.17. The maximum absolute atomic E-state index is 13.5. The summed E-state index contributed by atoms with van der Waals surface area (Å²) >= 11 is 1.35. The third kappa shape index (κ3) is 5.32. The van der Waals surface area contributed by atoms with Crippen molar-refractivity contribution in [1.82, 2.24) is 25.3 Å². The van der Waals surface area contributed by atoms with Crippen LogP contribution >= 0.6 is 11.3 Å². The van der Waals surface area contributed by atoms with Gasteiger partial charge in [-0.25, -0.2) is 4.79 Å². The van der Waals surface area contributed by atoms with Gasteiger partial charge in [0.15, 0.2) is 5.69 Å². The second-order valence-electron chi connectivity index (χ2n) is 9.57. The van der Waals surface area contributed by atoms with E-state index in [0.717, 1.165) is 42.5 Å². The summed E-state index contributed by atoms with van der Waals surface area (Å²) in [6, 6.07) is -0.162. The van der Waals surface area contributed by atoms with Crippen LogP contribution in [0.5, 0.6) is 0 Å². The van der Waals surface area contributed by atoms with E-state index in [2.05, 4.69) is 21.0 Å². The number of thiophene rings is 1. The smallest absolute Gasteiger partial charge is 0.350 e. The average molecular weight is 539 g/mol. The van der Waals surface area contributed by atoms with Crippen molar-refractivity contribution in [1.29, 1.82) is 0 Å². The van der Waals surface area contributed by atoms with Crippen molar-refractivity contribution in [2.75, 3.05) is 31.5 Å². The molecule has 1 aliphatic heterocycles. The van der Waals surface area contributed by atoms with E-state index in [1.807, 2.05) is 0 Å². The second-order valence-corrected chi connectivity index (χ2v) is 10.7. The topological polar surface area (TPSA) is 108 Å². The number of carbonyl (C=O) groups is 3. The second kappa shape index (κ2) is 10.3. The fourth-order valence-corrected chi connectivity index (χ4v) is 6.65. The van der Waals surface area contributed by atoms with Gasteiger partial charge in [0.2, 0.25) is 5.91 Å². The molecule has 9 nitrogen and oxygen atoms in total. The van der Waals surface area contributed by atoms with Gasteiger partial charge in [0.25, 0.3) is 5.91 Å². The van der Waals surface area contributed by atoms with Crippen LogP contribution in [0.2, 0.25) is 0 Å². The number of rotatable bonds is 7. The Morgan fingerprint density at radius 3 is 2.51 bits per heavy atom. The SMILES string of the molecule is O=C(Cn1nc(C(F)(F)F)c2c1CCCC2)Nc1sc2c(c1C(=O)NCCN1CCNC1=O)CCCC2. The molecule has 0 saturated carbocycles. The molecule has 0 atom stereocenters. The maximum Gasteiger partial charge on any atom is 0.435 e. The highest BCUT2D eigenvalue weighted by Gasteiger charge is 2.39. The predicted octanol–water partition coefficient (Wildman–Crippen LogP) is 3.11. The minimum atomic E-state index is -4.57. The van der Waals surface area contributed by atoms with Crippen molar-refractivity contribution in [3.05, 3.63) is 33.0 Å². The zero-order chi connectivity index (χ0) is 26.2. The zero-order valence-electron chi connectivity index (χ0n) is 20.3. The molecule has 200 valence electrons. The Hall–Kier alpha value is -3.09. The Bertz CT molecular complexity index is 1220. The van der Waals surface area contributed by atoms with Gasteiger partial charge >= 0.3 is 12.2 Å². The van der Waals surface area contributed by atoms with Crippen LogP contribution in [0.15, 0.2) is 0 Å². The monoisotopic (exact) mass is 538 g/mol. The molecular formula is C24H29F3N6O3S. The zero-order valence-corrected chi connectivity index (χ0v) is 21.1. The van der Waals surface area contributed by atoms with E-state index in [9.17, 15) is 27.6 Å². The average Bonchev–Trinajstić information content (AvgIpc) is 3.54. The van der Waals surface area contributed by atoms with Crippen molar-refractivity contribution in [2.45, 2.75) is 64.1 Å². The van der Waals surface area contributed by atoms with Crippen LogP contribution in [0.3, 0.4) is 0 Å². The number of nitrogens with one attached hydrogen (secondary N) is 3. The standard InChI is InChI=1S/C24H29F3N6O3S/c25-24(26,27)20-14-5-1-3-7-16(14)33(31-20)13-18(34)30-22-19(15-6-2-4-8-17(15)37-22)21(35)28-9-11-32-12-10-29-23(32)36/h1-13H2,(H,28,35)(H,29,36)(H,30,34). The predicted molar refractivity (Wildman–Crippen MR) is 131 cm³/mol. The molecule has 0 aromatic carbocycles. The summed E-state index contributed by atoms with van der Waals surface area (Å²) in [6.07, 6.45) is 1.04. The fraction of sp³-hybridized carbons (Fsp3) is 0.583. The van der Waals surface area contributed by atoms with E-state index in [0.29, 0.717) is 55.2 Å². The first-order valence-corrected chi connectivity index (χ1v) is 13.4. The fourth-order valence-electron chi connectivity index (χ4n) is 5.34. The van der Waals surface area contributed by atoms with Gasteiger partial charge in [0.1, 0.15) is 11.5 Å². The van der Waals surface area contributed by atoms with Crippen LogP contribution in [0.1, 0.15) is 63.4 Å². The number of aromatic nitrogens is 2. The van der Waals surface area contributed by atoms with Crippen LogP contribution in [0, 0.1) is 0 Å². The number of amides is 4. The van der Waals surface area contributed by atoms with Crippen LogP contribution in [-0.2, 0) is 43.2 Å². The van der Waals surface area contributed by atoms with Crippen LogP contribution in [0.25, 0.3) is 0 Å².